The lowest BCUT2D eigenvalue weighted by Crippen LogP contribution is -2.19. The van der Waals surface area contributed by atoms with Crippen molar-refractivity contribution in [2.24, 2.45) is 0 Å². The van der Waals surface area contributed by atoms with E-state index in [0.29, 0.717) is 5.15 Å². The van der Waals surface area contributed by atoms with Crippen molar-refractivity contribution >= 4 is 22.6 Å². The summed E-state index contributed by atoms with van der Waals surface area (Å²) in [5.74, 6) is 0. The molecule has 0 amide bonds. The molecule has 0 aromatic carbocycles. The van der Waals surface area contributed by atoms with E-state index in [2.05, 4.69) is 9.97 Å². The van der Waals surface area contributed by atoms with Gasteiger partial charge in [0, 0.05) is 24.1 Å². The van der Waals surface area contributed by atoms with Gasteiger partial charge < -0.3 is 4.74 Å². The minimum absolute atomic E-state index is 0.0362. The van der Waals surface area contributed by atoms with E-state index in [1.54, 1.807) is 12.3 Å². The number of pyridine rings is 2. The van der Waals surface area contributed by atoms with Gasteiger partial charge in [0.2, 0.25) is 0 Å². The molecule has 0 N–H and O–H groups in total. The molecule has 3 aromatic heterocycles. The van der Waals surface area contributed by atoms with Gasteiger partial charge in [0.15, 0.2) is 6.23 Å². The van der Waals surface area contributed by atoms with Crippen LogP contribution in [-0.4, -0.2) is 26.4 Å². The Morgan fingerprint density at radius 2 is 2.17 bits per heavy atom. The Morgan fingerprint density at radius 3 is 2.96 bits per heavy atom. The highest BCUT2D eigenvalue weighted by Crippen LogP contribution is 2.32. The second kappa shape index (κ2) is 5.91. The number of fused-ring (bicyclic) bond motifs is 1. The van der Waals surface area contributed by atoms with Gasteiger partial charge in [0.1, 0.15) is 16.4 Å². The highest BCUT2D eigenvalue weighted by Gasteiger charge is 2.22. The van der Waals surface area contributed by atoms with E-state index in [9.17, 15) is 0 Å². The minimum Gasteiger partial charge on any atom is -0.356 e. The number of ether oxygens (including phenoxy) is 1. The minimum atomic E-state index is -0.0362. The predicted molar refractivity (Wildman–Crippen MR) is 89.3 cm³/mol. The first-order valence-electron chi connectivity index (χ1n) is 7.82. The molecule has 1 fully saturated rings. The molecular formula is C17H17ClN4O. The third kappa shape index (κ3) is 2.71. The van der Waals surface area contributed by atoms with Crippen molar-refractivity contribution in [2.75, 3.05) is 6.61 Å². The summed E-state index contributed by atoms with van der Waals surface area (Å²) in [4.78, 5) is 8.76. The summed E-state index contributed by atoms with van der Waals surface area (Å²) in [5.41, 5.74) is 4.51. The predicted octanol–water partition coefficient (Wildman–Crippen LogP) is 4.15. The van der Waals surface area contributed by atoms with Crippen molar-refractivity contribution in [3.63, 3.8) is 0 Å². The normalized spacial score (nSPS) is 18.4. The van der Waals surface area contributed by atoms with Gasteiger partial charge >= 0.3 is 0 Å². The van der Waals surface area contributed by atoms with E-state index in [4.69, 9.17) is 21.4 Å². The number of halogens is 1. The Hall–Kier alpha value is -1.98. The molecule has 4 rings (SSSR count). The molecule has 4 heterocycles. The summed E-state index contributed by atoms with van der Waals surface area (Å²) in [6, 6.07) is 7.72. The largest absolute Gasteiger partial charge is 0.356 e. The van der Waals surface area contributed by atoms with E-state index < -0.39 is 0 Å². The van der Waals surface area contributed by atoms with Crippen LogP contribution in [0.25, 0.3) is 22.3 Å². The number of hydrogen-bond donors (Lipinski definition) is 0. The molecule has 3 aromatic rings. The second-order valence-corrected chi connectivity index (χ2v) is 6.19. The fourth-order valence-corrected chi connectivity index (χ4v) is 3.17. The first-order chi connectivity index (χ1) is 11.2. The lowest BCUT2D eigenvalue weighted by atomic mass is 10.1. The average Bonchev–Trinajstić information content (AvgIpc) is 2.94. The van der Waals surface area contributed by atoms with Gasteiger partial charge in [-0.15, -0.1) is 0 Å². The monoisotopic (exact) mass is 328 g/mol. The van der Waals surface area contributed by atoms with Crippen LogP contribution in [-0.2, 0) is 4.74 Å². The molecule has 0 bridgehead atoms. The zero-order chi connectivity index (χ0) is 15.8. The van der Waals surface area contributed by atoms with Crippen LogP contribution < -0.4 is 0 Å². The second-order valence-electron chi connectivity index (χ2n) is 5.80. The van der Waals surface area contributed by atoms with Gasteiger partial charge in [-0.1, -0.05) is 11.6 Å². The highest BCUT2D eigenvalue weighted by molar-refractivity contribution is 6.29. The van der Waals surface area contributed by atoms with Gasteiger partial charge in [-0.25, -0.2) is 9.67 Å². The molecule has 1 saturated heterocycles. The van der Waals surface area contributed by atoms with Gasteiger partial charge in [-0.2, -0.15) is 5.10 Å². The Kier molecular flexibility index (Phi) is 3.75. The summed E-state index contributed by atoms with van der Waals surface area (Å²) in [6.45, 7) is 2.74. The lowest BCUT2D eigenvalue weighted by molar-refractivity contribution is -0.0365. The molecule has 5 nitrogen and oxygen atoms in total. The quantitative estimate of drug-likeness (QED) is 0.663. The van der Waals surface area contributed by atoms with E-state index in [1.165, 1.54) is 0 Å². The standard InChI is InChI=1S/C17H17ClN4O/c1-11-10-12(7-8-19-11)16-17-13(5-6-14(18)20-17)22(21-16)15-4-2-3-9-23-15/h5-8,10,15H,2-4,9H2,1H3. The summed E-state index contributed by atoms with van der Waals surface area (Å²) in [7, 11) is 0. The van der Waals surface area contributed by atoms with Crippen molar-refractivity contribution in [3.05, 3.63) is 41.3 Å². The Morgan fingerprint density at radius 1 is 1.26 bits per heavy atom. The van der Waals surface area contributed by atoms with Crippen LogP contribution in [0.3, 0.4) is 0 Å². The van der Waals surface area contributed by atoms with Crippen LogP contribution in [0.2, 0.25) is 5.15 Å². The van der Waals surface area contributed by atoms with Crippen molar-refractivity contribution in [1.82, 2.24) is 19.7 Å². The number of aromatic nitrogens is 4. The summed E-state index contributed by atoms with van der Waals surface area (Å²) >= 11 is 6.11. The summed E-state index contributed by atoms with van der Waals surface area (Å²) in [6.07, 6.45) is 4.98. The SMILES string of the molecule is Cc1cc(-c2nn(C3CCCCO3)c3ccc(Cl)nc23)ccn1. The van der Waals surface area contributed by atoms with Gasteiger partial charge in [0.25, 0.3) is 0 Å². The molecule has 0 spiro atoms. The third-order valence-corrected chi connectivity index (χ3v) is 4.33. The first kappa shape index (κ1) is 14.6. The fourth-order valence-electron chi connectivity index (χ4n) is 3.02. The zero-order valence-corrected chi connectivity index (χ0v) is 13.6. The molecule has 1 atom stereocenters. The molecule has 6 heteroatoms. The van der Waals surface area contributed by atoms with Crippen LogP contribution in [0.1, 0.15) is 31.2 Å². The van der Waals surface area contributed by atoms with Crippen molar-refractivity contribution < 1.29 is 4.74 Å². The maximum atomic E-state index is 6.11. The Bertz CT molecular complexity index is 855. The smallest absolute Gasteiger partial charge is 0.150 e. The van der Waals surface area contributed by atoms with E-state index in [-0.39, 0.29) is 6.23 Å². The van der Waals surface area contributed by atoms with Crippen LogP contribution >= 0.6 is 11.6 Å². The lowest BCUT2D eigenvalue weighted by Gasteiger charge is -2.23. The number of aryl methyl sites for hydroxylation is 1. The van der Waals surface area contributed by atoms with Crippen LogP contribution in [0.15, 0.2) is 30.5 Å². The third-order valence-electron chi connectivity index (χ3n) is 4.12. The molecule has 1 aliphatic heterocycles. The van der Waals surface area contributed by atoms with Crippen molar-refractivity contribution in [3.8, 4) is 11.3 Å². The van der Waals surface area contributed by atoms with Gasteiger partial charge in [0.05, 0.1) is 5.52 Å². The first-order valence-corrected chi connectivity index (χ1v) is 8.19. The van der Waals surface area contributed by atoms with Gasteiger partial charge in [-0.05, 0) is 50.5 Å². The summed E-state index contributed by atoms with van der Waals surface area (Å²) in [5, 5.41) is 5.27. The number of nitrogens with zero attached hydrogens (tertiary/aromatic N) is 4. The molecule has 0 radical (unpaired) electrons. The topological polar surface area (TPSA) is 52.8 Å². The Balaban J connectivity index is 1.91. The molecular weight excluding hydrogens is 312 g/mol. The van der Waals surface area contributed by atoms with E-state index in [0.717, 1.165) is 53.9 Å². The van der Waals surface area contributed by atoms with Gasteiger partial charge in [-0.3, -0.25) is 4.98 Å². The Labute approximate surface area is 139 Å². The van der Waals surface area contributed by atoms with E-state index >= 15 is 0 Å². The van der Waals surface area contributed by atoms with Crippen molar-refractivity contribution in [1.29, 1.82) is 0 Å². The van der Waals surface area contributed by atoms with Crippen LogP contribution in [0, 0.1) is 6.92 Å². The molecule has 0 aliphatic carbocycles. The maximum Gasteiger partial charge on any atom is 0.150 e. The number of rotatable bonds is 2. The molecule has 0 saturated carbocycles. The summed E-state index contributed by atoms with van der Waals surface area (Å²) < 4.78 is 7.85. The van der Waals surface area contributed by atoms with Crippen LogP contribution in [0.4, 0.5) is 0 Å². The van der Waals surface area contributed by atoms with Crippen LogP contribution in [0.5, 0.6) is 0 Å². The molecule has 1 unspecified atom stereocenters. The van der Waals surface area contributed by atoms with E-state index in [1.807, 2.05) is 29.8 Å². The highest BCUT2D eigenvalue weighted by atomic mass is 35.5. The average molecular weight is 329 g/mol. The molecule has 1 aliphatic rings. The van der Waals surface area contributed by atoms with Crippen molar-refractivity contribution in [2.45, 2.75) is 32.4 Å². The fraction of sp³-hybridized carbons (Fsp3) is 0.353. The maximum absolute atomic E-state index is 6.11. The zero-order valence-electron chi connectivity index (χ0n) is 12.9. The molecule has 23 heavy (non-hydrogen) atoms. The number of hydrogen-bond acceptors (Lipinski definition) is 4. The molecule has 118 valence electrons.